The van der Waals surface area contributed by atoms with E-state index in [2.05, 4.69) is 9.97 Å². The van der Waals surface area contributed by atoms with Gasteiger partial charge in [0.2, 0.25) is 5.88 Å². The van der Waals surface area contributed by atoms with E-state index in [0.717, 1.165) is 30.9 Å². The van der Waals surface area contributed by atoms with Crippen LogP contribution in [-0.4, -0.2) is 29.8 Å². The van der Waals surface area contributed by atoms with Crippen LogP contribution >= 0.6 is 0 Å². The number of nitrogens with zero attached hydrogens (tertiary/aromatic N) is 2. The number of hydrogen-bond donors (Lipinski definition) is 0. The molecule has 0 aromatic carbocycles. The largest absolute Gasteiger partial charge is 0.477 e. The number of aromatic nitrogens is 2. The topological polar surface area (TPSA) is 44.2 Å². The highest BCUT2D eigenvalue weighted by Crippen LogP contribution is 2.14. The summed E-state index contributed by atoms with van der Waals surface area (Å²) >= 11 is 0. The van der Waals surface area contributed by atoms with Crippen molar-refractivity contribution in [2.45, 2.75) is 27.2 Å². The van der Waals surface area contributed by atoms with Gasteiger partial charge in [0.1, 0.15) is 6.33 Å². The third-order valence-electron chi connectivity index (χ3n) is 2.17. The summed E-state index contributed by atoms with van der Waals surface area (Å²) in [5, 5.41) is 0. The maximum Gasteiger partial charge on any atom is 0.219 e. The Kier molecular flexibility index (Phi) is 5.04. The van der Waals surface area contributed by atoms with E-state index in [9.17, 15) is 0 Å². The normalized spacial score (nSPS) is 10.3. The fourth-order valence-corrected chi connectivity index (χ4v) is 1.14. The lowest BCUT2D eigenvalue weighted by Gasteiger charge is -2.08. The second-order valence-corrected chi connectivity index (χ2v) is 3.29. The minimum Gasteiger partial charge on any atom is -0.477 e. The molecule has 1 aromatic rings. The minimum atomic E-state index is 0.636. The lowest BCUT2D eigenvalue weighted by atomic mass is 10.3. The molecule has 1 rings (SSSR count). The lowest BCUT2D eigenvalue weighted by molar-refractivity contribution is 0.130. The summed E-state index contributed by atoms with van der Waals surface area (Å²) in [7, 11) is 0. The van der Waals surface area contributed by atoms with Gasteiger partial charge in [-0.1, -0.05) is 0 Å². The van der Waals surface area contributed by atoms with E-state index in [4.69, 9.17) is 9.47 Å². The molecule has 0 atom stereocenters. The molecule has 1 aromatic heterocycles. The summed E-state index contributed by atoms with van der Waals surface area (Å²) in [4.78, 5) is 8.16. The summed E-state index contributed by atoms with van der Waals surface area (Å²) in [6.45, 7) is 8.03. The Labute approximate surface area is 90.7 Å². The monoisotopic (exact) mass is 210 g/mol. The Bertz CT molecular complexity index is 303. The van der Waals surface area contributed by atoms with Gasteiger partial charge in [-0.25, -0.2) is 9.97 Å². The molecule has 4 heteroatoms. The highest BCUT2D eigenvalue weighted by atomic mass is 16.5. The van der Waals surface area contributed by atoms with Crippen LogP contribution in [0.1, 0.15) is 24.6 Å². The molecule has 0 spiro atoms. The van der Waals surface area contributed by atoms with Gasteiger partial charge < -0.3 is 9.47 Å². The Hall–Kier alpha value is -1.16. The first-order chi connectivity index (χ1) is 7.25. The first-order valence-corrected chi connectivity index (χ1v) is 5.24. The molecule has 1 heterocycles. The SMILES string of the molecule is CCOCCCOc1ncnc(C)c1C. The molecule has 0 aliphatic carbocycles. The van der Waals surface area contributed by atoms with Crippen LogP contribution in [0.3, 0.4) is 0 Å². The summed E-state index contributed by atoms with van der Waals surface area (Å²) in [5.41, 5.74) is 1.97. The summed E-state index contributed by atoms with van der Waals surface area (Å²) in [6.07, 6.45) is 2.41. The Balaban J connectivity index is 2.34. The van der Waals surface area contributed by atoms with Crippen LogP contribution < -0.4 is 4.74 Å². The predicted molar refractivity (Wildman–Crippen MR) is 58.1 cm³/mol. The Morgan fingerprint density at radius 1 is 1.20 bits per heavy atom. The van der Waals surface area contributed by atoms with Crippen molar-refractivity contribution in [1.29, 1.82) is 0 Å². The van der Waals surface area contributed by atoms with E-state index >= 15 is 0 Å². The van der Waals surface area contributed by atoms with Gasteiger partial charge in [-0.3, -0.25) is 0 Å². The van der Waals surface area contributed by atoms with Crippen LogP contribution in [0.25, 0.3) is 0 Å². The quantitative estimate of drug-likeness (QED) is 0.673. The second kappa shape index (κ2) is 6.35. The van der Waals surface area contributed by atoms with E-state index in [0.29, 0.717) is 12.5 Å². The molecule has 4 nitrogen and oxygen atoms in total. The average molecular weight is 210 g/mol. The molecule has 15 heavy (non-hydrogen) atoms. The molecule has 0 radical (unpaired) electrons. The highest BCUT2D eigenvalue weighted by molar-refractivity contribution is 5.26. The van der Waals surface area contributed by atoms with E-state index in [1.54, 1.807) is 0 Å². The van der Waals surface area contributed by atoms with Crippen molar-refractivity contribution in [2.24, 2.45) is 0 Å². The fourth-order valence-electron chi connectivity index (χ4n) is 1.14. The molecular weight excluding hydrogens is 192 g/mol. The van der Waals surface area contributed by atoms with E-state index in [1.807, 2.05) is 20.8 Å². The Morgan fingerprint density at radius 2 is 2.00 bits per heavy atom. The zero-order chi connectivity index (χ0) is 11.1. The maximum absolute atomic E-state index is 5.53. The van der Waals surface area contributed by atoms with E-state index < -0.39 is 0 Å². The standard InChI is InChI=1S/C11H18N2O2/c1-4-14-6-5-7-15-11-9(2)10(3)12-8-13-11/h8H,4-7H2,1-3H3. The molecule has 0 amide bonds. The molecule has 0 saturated carbocycles. The van der Waals surface area contributed by atoms with Gasteiger partial charge in [0, 0.05) is 30.9 Å². The van der Waals surface area contributed by atoms with Crippen molar-refractivity contribution in [3.8, 4) is 5.88 Å². The van der Waals surface area contributed by atoms with Gasteiger partial charge in [0.15, 0.2) is 0 Å². The number of rotatable bonds is 6. The van der Waals surface area contributed by atoms with Gasteiger partial charge in [0.05, 0.1) is 6.61 Å². The third-order valence-corrected chi connectivity index (χ3v) is 2.17. The lowest BCUT2D eigenvalue weighted by Crippen LogP contribution is -2.05. The van der Waals surface area contributed by atoms with Crippen LogP contribution in [0.4, 0.5) is 0 Å². The van der Waals surface area contributed by atoms with Crippen molar-refractivity contribution in [3.05, 3.63) is 17.6 Å². The van der Waals surface area contributed by atoms with Crippen molar-refractivity contribution < 1.29 is 9.47 Å². The number of aryl methyl sites for hydroxylation is 1. The summed E-state index contributed by atoms with van der Waals surface area (Å²) in [5.74, 6) is 0.680. The van der Waals surface area contributed by atoms with E-state index in [-0.39, 0.29) is 0 Å². The zero-order valence-electron chi connectivity index (χ0n) is 9.62. The average Bonchev–Trinajstić information content (AvgIpc) is 2.24. The third kappa shape index (κ3) is 3.83. The predicted octanol–water partition coefficient (Wildman–Crippen LogP) is 1.90. The van der Waals surface area contributed by atoms with Gasteiger partial charge in [-0.2, -0.15) is 0 Å². The Morgan fingerprint density at radius 3 is 2.73 bits per heavy atom. The molecule has 0 bridgehead atoms. The van der Waals surface area contributed by atoms with Crippen molar-refractivity contribution in [1.82, 2.24) is 9.97 Å². The molecule has 0 fully saturated rings. The fraction of sp³-hybridized carbons (Fsp3) is 0.636. The van der Waals surface area contributed by atoms with Crippen LogP contribution in [0.5, 0.6) is 5.88 Å². The van der Waals surface area contributed by atoms with Gasteiger partial charge in [-0.05, 0) is 20.8 Å². The molecule has 0 unspecified atom stereocenters. The molecule has 0 saturated heterocycles. The summed E-state index contributed by atoms with van der Waals surface area (Å²) < 4.78 is 10.7. The maximum atomic E-state index is 5.53. The molecule has 84 valence electrons. The minimum absolute atomic E-state index is 0.636. The van der Waals surface area contributed by atoms with Crippen LogP contribution in [0, 0.1) is 13.8 Å². The van der Waals surface area contributed by atoms with Crippen molar-refractivity contribution in [3.63, 3.8) is 0 Å². The highest BCUT2D eigenvalue weighted by Gasteiger charge is 2.03. The zero-order valence-corrected chi connectivity index (χ0v) is 9.62. The molecule has 0 aliphatic heterocycles. The van der Waals surface area contributed by atoms with Crippen LogP contribution in [0.2, 0.25) is 0 Å². The number of hydrogen-bond acceptors (Lipinski definition) is 4. The molecule has 0 N–H and O–H groups in total. The number of ether oxygens (including phenoxy) is 2. The first kappa shape index (κ1) is 11.9. The van der Waals surface area contributed by atoms with Gasteiger partial charge in [-0.15, -0.1) is 0 Å². The van der Waals surface area contributed by atoms with Gasteiger partial charge in [0.25, 0.3) is 0 Å². The van der Waals surface area contributed by atoms with Crippen molar-refractivity contribution >= 4 is 0 Å². The van der Waals surface area contributed by atoms with E-state index in [1.165, 1.54) is 6.33 Å². The van der Waals surface area contributed by atoms with Crippen LogP contribution in [0.15, 0.2) is 6.33 Å². The van der Waals surface area contributed by atoms with Crippen molar-refractivity contribution in [2.75, 3.05) is 19.8 Å². The molecule has 0 aliphatic rings. The summed E-state index contributed by atoms with van der Waals surface area (Å²) in [6, 6.07) is 0. The first-order valence-electron chi connectivity index (χ1n) is 5.24. The molecular formula is C11H18N2O2. The smallest absolute Gasteiger partial charge is 0.219 e. The second-order valence-electron chi connectivity index (χ2n) is 3.29. The van der Waals surface area contributed by atoms with Gasteiger partial charge >= 0.3 is 0 Å². The van der Waals surface area contributed by atoms with Crippen LogP contribution in [-0.2, 0) is 4.74 Å².